The second kappa shape index (κ2) is 5.15. The van der Waals surface area contributed by atoms with E-state index < -0.39 is 17.5 Å². The predicted octanol–water partition coefficient (Wildman–Crippen LogP) is 0.697. The molecular formula is C16H21N3O2. The van der Waals surface area contributed by atoms with Gasteiger partial charge in [0.15, 0.2) is 0 Å². The smallest absolute Gasteiger partial charge is 0.243 e. The summed E-state index contributed by atoms with van der Waals surface area (Å²) in [5, 5.41) is 0. The molecule has 0 spiro atoms. The monoisotopic (exact) mass is 287 g/mol. The lowest BCUT2D eigenvalue weighted by molar-refractivity contribution is -0.145. The molecule has 4 N–H and O–H groups in total. The SMILES string of the molecule is NC(=O)[C@@H]1Cc2ccccc2CN1C(=O)C1(N)CCCC1. The summed E-state index contributed by atoms with van der Waals surface area (Å²) in [6.07, 6.45) is 3.79. The fourth-order valence-electron chi connectivity index (χ4n) is 3.50. The molecule has 21 heavy (non-hydrogen) atoms. The molecule has 1 aromatic carbocycles. The first-order chi connectivity index (χ1) is 10.0. The molecule has 0 radical (unpaired) electrons. The molecule has 1 aromatic rings. The minimum Gasteiger partial charge on any atom is -0.368 e. The average molecular weight is 287 g/mol. The molecule has 3 rings (SSSR count). The van der Waals surface area contributed by atoms with Gasteiger partial charge in [0.2, 0.25) is 11.8 Å². The van der Waals surface area contributed by atoms with E-state index in [0.717, 1.165) is 24.0 Å². The maximum atomic E-state index is 12.8. The van der Waals surface area contributed by atoms with Crippen LogP contribution in [0.25, 0.3) is 0 Å². The van der Waals surface area contributed by atoms with Crippen LogP contribution in [-0.4, -0.2) is 28.3 Å². The maximum absolute atomic E-state index is 12.8. The van der Waals surface area contributed by atoms with E-state index in [1.807, 2.05) is 24.3 Å². The van der Waals surface area contributed by atoms with Crippen molar-refractivity contribution in [3.63, 3.8) is 0 Å². The number of primary amides is 1. The maximum Gasteiger partial charge on any atom is 0.243 e. The van der Waals surface area contributed by atoms with Gasteiger partial charge in [0, 0.05) is 13.0 Å². The van der Waals surface area contributed by atoms with Gasteiger partial charge in [-0.05, 0) is 24.0 Å². The largest absolute Gasteiger partial charge is 0.368 e. The molecule has 112 valence electrons. The van der Waals surface area contributed by atoms with Gasteiger partial charge in [-0.15, -0.1) is 0 Å². The number of nitrogens with zero attached hydrogens (tertiary/aromatic N) is 1. The van der Waals surface area contributed by atoms with Crippen LogP contribution in [0.15, 0.2) is 24.3 Å². The van der Waals surface area contributed by atoms with Crippen LogP contribution in [0.5, 0.6) is 0 Å². The van der Waals surface area contributed by atoms with Crippen molar-refractivity contribution in [1.29, 1.82) is 0 Å². The molecule has 2 amide bonds. The Kier molecular flexibility index (Phi) is 3.45. The Morgan fingerprint density at radius 3 is 2.38 bits per heavy atom. The number of hydrogen-bond acceptors (Lipinski definition) is 3. The van der Waals surface area contributed by atoms with Crippen LogP contribution >= 0.6 is 0 Å². The summed E-state index contributed by atoms with van der Waals surface area (Å²) in [6, 6.07) is 7.27. The van der Waals surface area contributed by atoms with Crippen LogP contribution in [0.1, 0.15) is 36.8 Å². The molecule has 0 unspecified atom stereocenters. The molecule has 1 aliphatic heterocycles. The Balaban J connectivity index is 1.92. The number of fused-ring (bicyclic) bond motifs is 1. The van der Waals surface area contributed by atoms with E-state index in [1.165, 1.54) is 0 Å². The van der Waals surface area contributed by atoms with Crippen molar-refractivity contribution in [1.82, 2.24) is 4.90 Å². The molecule has 2 aliphatic rings. The molecule has 1 aliphatic carbocycles. The van der Waals surface area contributed by atoms with Gasteiger partial charge in [-0.1, -0.05) is 37.1 Å². The second-order valence-electron chi connectivity index (χ2n) is 6.19. The fraction of sp³-hybridized carbons (Fsp3) is 0.500. The standard InChI is InChI=1S/C16H21N3O2/c17-14(20)13-9-11-5-1-2-6-12(11)10-19(13)15(21)16(18)7-3-4-8-16/h1-2,5-6,13H,3-4,7-10,18H2,(H2,17,20)/t13-/m0/s1. The van der Waals surface area contributed by atoms with Crippen molar-refractivity contribution in [2.75, 3.05) is 0 Å². The highest BCUT2D eigenvalue weighted by Crippen LogP contribution is 2.32. The van der Waals surface area contributed by atoms with E-state index >= 15 is 0 Å². The summed E-state index contributed by atoms with van der Waals surface area (Å²) >= 11 is 0. The summed E-state index contributed by atoms with van der Waals surface area (Å²) in [7, 11) is 0. The van der Waals surface area contributed by atoms with Crippen molar-refractivity contribution >= 4 is 11.8 Å². The summed E-state index contributed by atoms with van der Waals surface area (Å²) in [4.78, 5) is 26.2. The molecule has 5 nitrogen and oxygen atoms in total. The summed E-state index contributed by atoms with van der Waals surface area (Å²) in [6.45, 7) is 0.418. The molecule has 1 atom stereocenters. The summed E-state index contributed by atoms with van der Waals surface area (Å²) < 4.78 is 0. The van der Waals surface area contributed by atoms with Gasteiger partial charge >= 0.3 is 0 Å². The summed E-state index contributed by atoms with van der Waals surface area (Å²) in [5.74, 6) is -0.585. The summed E-state index contributed by atoms with van der Waals surface area (Å²) in [5.41, 5.74) is 13.1. The normalized spacial score (nSPS) is 23.7. The first-order valence-corrected chi connectivity index (χ1v) is 7.47. The van der Waals surface area contributed by atoms with E-state index in [9.17, 15) is 9.59 Å². The van der Waals surface area contributed by atoms with E-state index in [-0.39, 0.29) is 5.91 Å². The lowest BCUT2D eigenvalue weighted by Crippen LogP contribution is -2.60. The number of nitrogens with two attached hydrogens (primary N) is 2. The highest BCUT2D eigenvalue weighted by Gasteiger charge is 2.44. The highest BCUT2D eigenvalue weighted by molar-refractivity contribution is 5.92. The molecule has 0 bridgehead atoms. The van der Waals surface area contributed by atoms with Crippen LogP contribution in [0, 0.1) is 0 Å². The number of rotatable bonds is 2. The van der Waals surface area contributed by atoms with Gasteiger partial charge in [-0.3, -0.25) is 9.59 Å². The van der Waals surface area contributed by atoms with Gasteiger partial charge in [0.25, 0.3) is 0 Å². The second-order valence-corrected chi connectivity index (χ2v) is 6.19. The van der Waals surface area contributed by atoms with Crippen LogP contribution in [0.3, 0.4) is 0 Å². The van der Waals surface area contributed by atoms with Crippen LogP contribution in [-0.2, 0) is 22.6 Å². The van der Waals surface area contributed by atoms with Crippen LogP contribution < -0.4 is 11.5 Å². The van der Waals surface area contributed by atoms with Crippen molar-refractivity contribution < 1.29 is 9.59 Å². The minimum absolute atomic E-state index is 0.127. The van der Waals surface area contributed by atoms with Crippen LogP contribution in [0.2, 0.25) is 0 Å². The number of benzene rings is 1. The first-order valence-electron chi connectivity index (χ1n) is 7.47. The average Bonchev–Trinajstić information content (AvgIpc) is 2.93. The zero-order valence-electron chi connectivity index (χ0n) is 12.0. The molecule has 0 aromatic heterocycles. The lowest BCUT2D eigenvalue weighted by atomic mass is 9.89. The zero-order valence-corrected chi connectivity index (χ0v) is 12.0. The van der Waals surface area contributed by atoms with Gasteiger partial charge in [0.05, 0.1) is 5.54 Å². The molecule has 5 heteroatoms. The molecule has 1 saturated carbocycles. The third kappa shape index (κ3) is 2.42. The Labute approximate surface area is 124 Å². The Morgan fingerprint density at radius 1 is 1.14 bits per heavy atom. The van der Waals surface area contributed by atoms with Crippen molar-refractivity contribution in [2.24, 2.45) is 11.5 Å². The van der Waals surface area contributed by atoms with Crippen molar-refractivity contribution in [3.05, 3.63) is 35.4 Å². The van der Waals surface area contributed by atoms with Gasteiger partial charge in [0.1, 0.15) is 6.04 Å². The first kappa shape index (κ1) is 14.1. The van der Waals surface area contributed by atoms with E-state index in [0.29, 0.717) is 25.8 Å². The number of hydrogen-bond donors (Lipinski definition) is 2. The van der Waals surface area contributed by atoms with E-state index in [2.05, 4.69) is 0 Å². The number of carbonyl (C=O) groups is 2. The third-order valence-electron chi connectivity index (χ3n) is 4.76. The van der Waals surface area contributed by atoms with Crippen molar-refractivity contribution in [3.8, 4) is 0 Å². The minimum atomic E-state index is -0.819. The van der Waals surface area contributed by atoms with Crippen LogP contribution in [0.4, 0.5) is 0 Å². The zero-order chi connectivity index (χ0) is 15.0. The van der Waals surface area contributed by atoms with Gasteiger partial charge in [-0.2, -0.15) is 0 Å². The Bertz CT molecular complexity index is 579. The topological polar surface area (TPSA) is 89.4 Å². The van der Waals surface area contributed by atoms with Gasteiger partial charge < -0.3 is 16.4 Å². The fourth-order valence-corrected chi connectivity index (χ4v) is 3.50. The predicted molar refractivity (Wildman–Crippen MR) is 79.1 cm³/mol. The molecule has 1 heterocycles. The van der Waals surface area contributed by atoms with Crippen molar-refractivity contribution in [2.45, 2.75) is 50.2 Å². The third-order valence-corrected chi connectivity index (χ3v) is 4.76. The molecule has 0 saturated heterocycles. The number of amides is 2. The van der Waals surface area contributed by atoms with E-state index in [1.54, 1.807) is 4.90 Å². The number of carbonyl (C=O) groups excluding carboxylic acids is 2. The quantitative estimate of drug-likeness (QED) is 0.839. The molecule has 1 fully saturated rings. The van der Waals surface area contributed by atoms with Gasteiger partial charge in [-0.25, -0.2) is 0 Å². The highest BCUT2D eigenvalue weighted by atomic mass is 16.2. The lowest BCUT2D eigenvalue weighted by Gasteiger charge is -2.39. The Hall–Kier alpha value is -1.88. The Morgan fingerprint density at radius 2 is 1.76 bits per heavy atom. The van der Waals surface area contributed by atoms with E-state index in [4.69, 9.17) is 11.5 Å². The molecular weight excluding hydrogens is 266 g/mol.